The highest BCUT2D eigenvalue weighted by Gasteiger charge is 2.27. The quantitative estimate of drug-likeness (QED) is 0.355. The van der Waals surface area contributed by atoms with Crippen LogP contribution in [0.4, 0.5) is 5.00 Å². The first kappa shape index (κ1) is 23.3. The largest absolute Gasteiger partial charge is 0.486 e. The van der Waals surface area contributed by atoms with E-state index in [1.807, 2.05) is 41.8 Å². The van der Waals surface area contributed by atoms with Crippen LogP contribution in [0, 0.1) is 0 Å². The van der Waals surface area contributed by atoms with Crippen LogP contribution in [-0.2, 0) is 35.5 Å². The van der Waals surface area contributed by atoms with Crippen LogP contribution in [0.5, 0.6) is 5.75 Å². The molecule has 1 aliphatic carbocycles. The van der Waals surface area contributed by atoms with Crippen molar-refractivity contribution < 1.29 is 19.1 Å². The molecule has 4 rings (SSSR count). The number of methoxy groups -OCH3 is 1. The van der Waals surface area contributed by atoms with E-state index in [0.29, 0.717) is 34.7 Å². The molecule has 1 amide bonds. The first-order valence-corrected chi connectivity index (χ1v) is 12.7. The Morgan fingerprint density at radius 2 is 1.97 bits per heavy atom. The molecule has 33 heavy (non-hydrogen) atoms. The Morgan fingerprint density at radius 3 is 2.73 bits per heavy atom. The average molecular weight is 487 g/mol. The van der Waals surface area contributed by atoms with Crippen LogP contribution in [0.15, 0.2) is 35.5 Å². The maximum atomic E-state index is 12.7. The van der Waals surface area contributed by atoms with Gasteiger partial charge < -0.3 is 19.4 Å². The van der Waals surface area contributed by atoms with Crippen molar-refractivity contribution in [2.75, 3.05) is 18.2 Å². The first-order chi connectivity index (χ1) is 16.1. The second-order valence-corrected chi connectivity index (χ2v) is 9.54. The summed E-state index contributed by atoms with van der Waals surface area (Å²) >= 11 is 2.79. The summed E-state index contributed by atoms with van der Waals surface area (Å²) in [5.41, 5.74) is 1.53. The molecule has 0 saturated carbocycles. The second kappa shape index (κ2) is 10.8. The van der Waals surface area contributed by atoms with Gasteiger partial charge in [0.15, 0.2) is 11.0 Å². The fourth-order valence-electron chi connectivity index (χ4n) is 3.78. The number of aromatic nitrogens is 3. The van der Waals surface area contributed by atoms with Crippen LogP contribution >= 0.6 is 23.1 Å². The highest BCUT2D eigenvalue weighted by molar-refractivity contribution is 7.99. The molecule has 2 heterocycles. The molecule has 0 aliphatic heterocycles. The van der Waals surface area contributed by atoms with E-state index < -0.39 is 5.97 Å². The monoisotopic (exact) mass is 486 g/mol. The van der Waals surface area contributed by atoms with E-state index in [1.165, 1.54) is 35.1 Å². The Bertz CT molecular complexity index is 1130. The Kier molecular flexibility index (Phi) is 7.66. The number of amides is 1. The molecule has 0 unspecified atom stereocenters. The zero-order valence-electron chi connectivity index (χ0n) is 18.6. The minimum atomic E-state index is -0.397. The molecule has 8 nitrogen and oxygen atoms in total. The van der Waals surface area contributed by atoms with E-state index in [1.54, 1.807) is 0 Å². The standard InChI is InChI=1S/C23H26N4O4S2/c1-3-27-18(13-31-15-9-5-4-6-10-15)25-26-23(27)32-14-19(28)24-21-20(22(29)30-2)16-11-7-8-12-17(16)33-21/h4-6,9-10H,3,7-8,11-14H2,1-2H3,(H,24,28). The van der Waals surface area contributed by atoms with E-state index >= 15 is 0 Å². The van der Waals surface area contributed by atoms with Crippen LogP contribution in [0.1, 0.15) is 46.4 Å². The number of nitrogens with one attached hydrogen (secondary N) is 1. The van der Waals surface area contributed by atoms with Crippen molar-refractivity contribution in [1.29, 1.82) is 0 Å². The number of carbonyl (C=O) groups is 2. The van der Waals surface area contributed by atoms with Gasteiger partial charge >= 0.3 is 5.97 Å². The predicted molar refractivity (Wildman–Crippen MR) is 128 cm³/mol. The van der Waals surface area contributed by atoms with Crippen molar-refractivity contribution in [3.8, 4) is 5.75 Å². The number of benzene rings is 1. The average Bonchev–Trinajstić information content (AvgIpc) is 3.41. The molecular formula is C23H26N4O4S2. The lowest BCUT2D eigenvalue weighted by Crippen LogP contribution is -2.17. The Balaban J connectivity index is 1.40. The third-order valence-electron chi connectivity index (χ3n) is 5.37. The number of rotatable bonds is 9. The summed E-state index contributed by atoms with van der Waals surface area (Å²) in [6.45, 7) is 2.95. The van der Waals surface area contributed by atoms with Gasteiger partial charge in [-0.1, -0.05) is 30.0 Å². The van der Waals surface area contributed by atoms with Gasteiger partial charge in [-0.25, -0.2) is 4.79 Å². The van der Waals surface area contributed by atoms with Crippen molar-refractivity contribution in [3.63, 3.8) is 0 Å². The predicted octanol–water partition coefficient (Wildman–Crippen LogP) is 4.33. The molecule has 1 N–H and O–H groups in total. The molecule has 1 aromatic carbocycles. The summed E-state index contributed by atoms with van der Waals surface area (Å²) in [6, 6.07) is 9.53. The van der Waals surface area contributed by atoms with Gasteiger partial charge in [-0.15, -0.1) is 21.5 Å². The van der Waals surface area contributed by atoms with E-state index in [-0.39, 0.29) is 11.7 Å². The highest BCUT2D eigenvalue weighted by atomic mass is 32.2. The van der Waals surface area contributed by atoms with Crippen molar-refractivity contribution in [3.05, 3.63) is 52.2 Å². The van der Waals surface area contributed by atoms with Gasteiger partial charge in [0.25, 0.3) is 0 Å². The van der Waals surface area contributed by atoms with Gasteiger partial charge in [0.05, 0.1) is 18.4 Å². The smallest absolute Gasteiger partial charge is 0.341 e. The number of carbonyl (C=O) groups excluding carboxylic acids is 2. The van der Waals surface area contributed by atoms with E-state index in [9.17, 15) is 9.59 Å². The topological polar surface area (TPSA) is 95.3 Å². The number of hydrogen-bond donors (Lipinski definition) is 1. The zero-order valence-corrected chi connectivity index (χ0v) is 20.3. The summed E-state index contributed by atoms with van der Waals surface area (Å²) in [7, 11) is 1.37. The van der Waals surface area contributed by atoms with Gasteiger partial charge in [-0.2, -0.15) is 0 Å². The zero-order chi connectivity index (χ0) is 23.2. The first-order valence-electron chi connectivity index (χ1n) is 10.9. The highest BCUT2D eigenvalue weighted by Crippen LogP contribution is 2.38. The molecule has 0 fully saturated rings. The summed E-state index contributed by atoms with van der Waals surface area (Å²) in [5.74, 6) is 1.02. The number of thiophene rings is 1. The molecule has 174 valence electrons. The Morgan fingerprint density at radius 1 is 1.18 bits per heavy atom. The summed E-state index contributed by atoms with van der Waals surface area (Å²) in [4.78, 5) is 26.3. The molecule has 3 aromatic rings. The third kappa shape index (κ3) is 5.39. The number of thioether (sulfide) groups is 1. The molecule has 0 saturated heterocycles. The number of para-hydroxylation sites is 1. The van der Waals surface area contributed by atoms with E-state index in [4.69, 9.17) is 9.47 Å². The molecule has 0 bridgehead atoms. The number of anilines is 1. The molecule has 10 heteroatoms. The molecule has 0 spiro atoms. The van der Waals surface area contributed by atoms with E-state index in [2.05, 4.69) is 15.5 Å². The lowest BCUT2D eigenvalue weighted by Gasteiger charge is -2.11. The van der Waals surface area contributed by atoms with Crippen molar-refractivity contribution in [2.24, 2.45) is 0 Å². The van der Waals surface area contributed by atoms with Gasteiger partial charge in [-0.05, 0) is 50.3 Å². The van der Waals surface area contributed by atoms with Gasteiger partial charge in [0, 0.05) is 11.4 Å². The van der Waals surface area contributed by atoms with Crippen LogP contribution in [0.2, 0.25) is 0 Å². The lowest BCUT2D eigenvalue weighted by molar-refractivity contribution is -0.113. The van der Waals surface area contributed by atoms with E-state index in [0.717, 1.165) is 37.0 Å². The fourth-order valence-corrected chi connectivity index (χ4v) is 5.89. The van der Waals surface area contributed by atoms with Crippen LogP contribution in [-0.4, -0.2) is 39.5 Å². The van der Waals surface area contributed by atoms with Crippen molar-refractivity contribution in [2.45, 2.75) is 50.9 Å². The van der Waals surface area contributed by atoms with Gasteiger partial charge in [0.2, 0.25) is 5.91 Å². The molecule has 1 aliphatic rings. The SMILES string of the molecule is CCn1c(COc2ccccc2)nnc1SCC(=O)Nc1sc2c(c1C(=O)OC)CCCC2. The fraction of sp³-hybridized carbons (Fsp3) is 0.391. The number of nitrogens with zero attached hydrogens (tertiary/aromatic N) is 3. The van der Waals surface area contributed by atoms with Crippen LogP contribution in [0.3, 0.4) is 0 Å². The van der Waals surface area contributed by atoms with Crippen LogP contribution < -0.4 is 10.1 Å². The maximum Gasteiger partial charge on any atom is 0.341 e. The summed E-state index contributed by atoms with van der Waals surface area (Å²) in [5, 5.41) is 12.6. The number of hydrogen-bond acceptors (Lipinski definition) is 8. The minimum Gasteiger partial charge on any atom is -0.486 e. The van der Waals surface area contributed by atoms with Gasteiger partial charge in [0.1, 0.15) is 17.4 Å². The lowest BCUT2D eigenvalue weighted by atomic mass is 9.95. The molecular weight excluding hydrogens is 460 g/mol. The number of fused-ring (bicyclic) bond motifs is 1. The summed E-state index contributed by atoms with van der Waals surface area (Å²) < 4.78 is 12.7. The Labute approximate surface area is 200 Å². The summed E-state index contributed by atoms with van der Waals surface area (Å²) in [6.07, 6.45) is 3.91. The van der Waals surface area contributed by atoms with Crippen molar-refractivity contribution >= 4 is 40.0 Å². The molecule has 0 atom stereocenters. The normalized spacial score (nSPS) is 12.8. The molecule has 2 aromatic heterocycles. The number of esters is 1. The third-order valence-corrected chi connectivity index (χ3v) is 7.54. The number of ether oxygens (including phenoxy) is 2. The maximum absolute atomic E-state index is 12.7. The molecule has 0 radical (unpaired) electrons. The Hall–Kier alpha value is -2.85. The minimum absolute atomic E-state index is 0.154. The van der Waals surface area contributed by atoms with Gasteiger partial charge in [-0.3, -0.25) is 4.79 Å². The second-order valence-electron chi connectivity index (χ2n) is 7.49. The van der Waals surface area contributed by atoms with Crippen molar-refractivity contribution in [1.82, 2.24) is 14.8 Å². The van der Waals surface area contributed by atoms with Crippen LogP contribution in [0.25, 0.3) is 0 Å². The number of aryl methyl sites for hydroxylation is 1.